The number of amides is 1. The van der Waals surface area contributed by atoms with E-state index in [1.54, 1.807) is 11.0 Å². The van der Waals surface area contributed by atoms with Crippen LogP contribution >= 0.6 is 22.6 Å². The van der Waals surface area contributed by atoms with Crippen LogP contribution in [-0.2, 0) is 9.53 Å². The van der Waals surface area contributed by atoms with Crippen LogP contribution in [0.3, 0.4) is 0 Å². The lowest BCUT2D eigenvalue weighted by Gasteiger charge is -2.33. The first-order valence-corrected chi connectivity index (χ1v) is 7.35. The van der Waals surface area contributed by atoms with Crippen LogP contribution in [0.2, 0.25) is 0 Å². The van der Waals surface area contributed by atoms with E-state index in [0.717, 1.165) is 16.4 Å². The summed E-state index contributed by atoms with van der Waals surface area (Å²) >= 11 is 2.17. The van der Waals surface area contributed by atoms with Crippen LogP contribution in [0.15, 0.2) is 24.3 Å². The second-order valence-electron chi connectivity index (χ2n) is 4.54. The number of benzene rings is 1. The molecule has 1 unspecified atom stereocenters. The molecule has 19 heavy (non-hydrogen) atoms. The topological polar surface area (TPSA) is 46.6 Å². The van der Waals surface area contributed by atoms with Gasteiger partial charge in [0.2, 0.25) is 0 Å². The Morgan fingerprint density at radius 3 is 2.84 bits per heavy atom. The van der Waals surface area contributed by atoms with E-state index in [9.17, 15) is 9.59 Å². The van der Waals surface area contributed by atoms with Gasteiger partial charge in [-0.3, -0.25) is 4.79 Å². The number of piperidine rings is 1. The van der Waals surface area contributed by atoms with Gasteiger partial charge < -0.3 is 9.64 Å². The minimum absolute atomic E-state index is 0.0892. The highest BCUT2D eigenvalue weighted by Gasteiger charge is 2.33. The number of likely N-dealkylation sites (tertiary alicyclic amines) is 1. The predicted octanol–water partition coefficient (Wildman–Crippen LogP) is 2.46. The van der Waals surface area contributed by atoms with E-state index in [1.807, 2.05) is 18.2 Å². The summed E-state index contributed by atoms with van der Waals surface area (Å²) in [4.78, 5) is 25.9. The minimum atomic E-state index is -0.441. The summed E-state index contributed by atoms with van der Waals surface area (Å²) in [7, 11) is 1.37. The van der Waals surface area contributed by atoms with Crippen molar-refractivity contribution in [2.45, 2.75) is 25.3 Å². The fourth-order valence-electron chi connectivity index (χ4n) is 2.34. The summed E-state index contributed by atoms with van der Waals surface area (Å²) < 4.78 is 5.80. The molecule has 0 saturated carbocycles. The second kappa shape index (κ2) is 6.36. The third kappa shape index (κ3) is 3.26. The standard InChI is InChI=1S/C14H16INO3/c1-19-14(18)12-7-2-3-8-16(12)13(17)10-5-4-6-11(15)9-10/h4-6,9,12H,2-3,7-8H2,1H3. The van der Waals surface area contributed by atoms with Crippen LogP contribution < -0.4 is 0 Å². The molecular formula is C14H16INO3. The summed E-state index contributed by atoms with van der Waals surface area (Å²) in [5.74, 6) is -0.410. The van der Waals surface area contributed by atoms with Crippen molar-refractivity contribution in [1.29, 1.82) is 0 Å². The fourth-order valence-corrected chi connectivity index (χ4v) is 2.89. The molecule has 4 nitrogen and oxygen atoms in total. The molecule has 0 N–H and O–H groups in total. The number of rotatable bonds is 2. The van der Waals surface area contributed by atoms with Gasteiger partial charge in [-0.15, -0.1) is 0 Å². The van der Waals surface area contributed by atoms with Gasteiger partial charge in [0.25, 0.3) is 5.91 Å². The molecule has 0 bridgehead atoms. The molecule has 1 amide bonds. The molecule has 0 spiro atoms. The first-order chi connectivity index (χ1) is 9.13. The van der Waals surface area contributed by atoms with Crippen molar-refractivity contribution in [3.63, 3.8) is 0 Å². The number of esters is 1. The second-order valence-corrected chi connectivity index (χ2v) is 5.79. The van der Waals surface area contributed by atoms with Crippen molar-refractivity contribution in [3.05, 3.63) is 33.4 Å². The normalized spacial score (nSPS) is 19.1. The van der Waals surface area contributed by atoms with E-state index in [0.29, 0.717) is 18.5 Å². The lowest BCUT2D eigenvalue weighted by atomic mass is 10.0. The zero-order valence-corrected chi connectivity index (χ0v) is 12.9. The molecule has 1 aliphatic rings. The number of hydrogen-bond acceptors (Lipinski definition) is 3. The van der Waals surface area contributed by atoms with Crippen LogP contribution in [-0.4, -0.2) is 36.5 Å². The highest BCUT2D eigenvalue weighted by molar-refractivity contribution is 14.1. The van der Waals surface area contributed by atoms with E-state index in [2.05, 4.69) is 22.6 Å². The summed E-state index contributed by atoms with van der Waals surface area (Å²) in [6, 6.07) is 6.97. The van der Waals surface area contributed by atoms with E-state index in [4.69, 9.17) is 4.74 Å². The molecule has 2 rings (SSSR count). The lowest BCUT2D eigenvalue weighted by molar-refractivity contribution is -0.147. The summed E-state index contributed by atoms with van der Waals surface area (Å²) in [5, 5.41) is 0. The Morgan fingerprint density at radius 2 is 2.16 bits per heavy atom. The van der Waals surface area contributed by atoms with Crippen LogP contribution in [0.4, 0.5) is 0 Å². The molecule has 1 saturated heterocycles. The Labute approximate surface area is 126 Å². The fraction of sp³-hybridized carbons (Fsp3) is 0.429. The molecule has 0 radical (unpaired) electrons. The summed E-state index contributed by atoms with van der Waals surface area (Å²) in [6.45, 7) is 0.615. The van der Waals surface area contributed by atoms with Crippen LogP contribution in [0.25, 0.3) is 0 Å². The van der Waals surface area contributed by atoms with Gasteiger partial charge in [0.05, 0.1) is 7.11 Å². The van der Waals surface area contributed by atoms with Crippen molar-refractivity contribution in [2.75, 3.05) is 13.7 Å². The number of hydrogen-bond donors (Lipinski definition) is 0. The molecule has 102 valence electrons. The van der Waals surface area contributed by atoms with Gasteiger partial charge in [-0.2, -0.15) is 0 Å². The Bertz CT molecular complexity index is 489. The lowest BCUT2D eigenvalue weighted by Crippen LogP contribution is -2.48. The molecule has 1 aromatic carbocycles. The molecule has 1 fully saturated rings. The highest BCUT2D eigenvalue weighted by Crippen LogP contribution is 2.21. The Balaban J connectivity index is 2.22. The number of methoxy groups -OCH3 is 1. The molecule has 1 heterocycles. The van der Waals surface area contributed by atoms with E-state index in [1.165, 1.54) is 7.11 Å². The molecule has 1 atom stereocenters. The highest BCUT2D eigenvalue weighted by atomic mass is 127. The Hall–Kier alpha value is -1.11. The SMILES string of the molecule is COC(=O)C1CCCCN1C(=O)c1cccc(I)c1. The van der Waals surface area contributed by atoms with Crippen LogP contribution in [0, 0.1) is 3.57 Å². The minimum Gasteiger partial charge on any atom is -0.467 e. The van der Waals surface area contributed by atoms with Crippen molar-refractivity contribution in [3.8, 4) is 0 Å². The molecule has 1 aliphatic heterocycles. The number of nitrogens with zero attached hydrogens (tertiary/aromatic N) is 1. The van der Waals surface area contributed by atoms with Gasteiger partial charge in [0, 0.05) is 15.7 Å². The molecule has 0 aliphatic carbocycles. The van der Waals surface area contributed by atoms with E-state index < -0.39 is 6.04 Å². The third-order valence-electron chi connectivity index (χ3n) is 3.31. The van der Waals surface area contributed by atoms with Gasteiger partial charge in [0.1, 0.15) is 6.04 Å². The smallest absolute Gasteiger partial charge is 0.328 e. The summed E-state index contributed by atoms with van der Waals surface area (Å²) in [6.07, 6.45) is 2.57. The average Bonchev–Trinajstić information content (AvgIpc) is 2.45. The van der Waals surface area contributed by atoms with Crippen molar-refractivity contribution < 1.29 is 14.3 Å². The maximum atomic E-state index is 12.5. The Morgan fingerprint density at radius 1 is 1.37 bits per heavy atom. The predicted molar refractivity (Wildman–Crippen MR) is 79.9 cm³/mol. The van der Waals surface area contributed by atoms with Gasteiger partial charge >= 0.3 is 5.97 Å². The monoisotopic (exact) mass is 373 g/mol. The van der Waals surface area contributed by atoms with Gasteiger partial charge in [-0.05, 0) is 60.1 Å². The van der Waals surface area contributed by atoms with Crippen molar-refractivity contribution in [1.82, 2.24) is 4.90 Å². The van der Waals surface area contributed by atoms with Crippen LogP contribution in [0.1, 0.15) is 29.6 Å². The Kier molecular flexibility index (Phi) is 4.79. The maximum Gasteiger partial charge on any atom is 0.328 e. The molecular weight excluding hydrogens is 357 g/mol. The number of ether oxygens (including phenoxy) is 1. The number of carbonyl (C=O) groups excluding carboxylic acids is 2. The molecule has 5 heteroatoms. The van der Waals surface area contributed by atoms with Crippen LogP contribution in [0.5, 0.6) is 0 Å². The first-order valence-electron chi connectivity index (χ1n) is 6.28. The first kappa shape index (κ1) is 14.3. The van der Waals surface area contributed by atoms with Gasteiger partial charge in [-0.25, -0.2) is 4.79 Å². The van der Waals surface area contributed by atoms with Crippen molar-refractivity contribution in [2.24, 2.45) is 0 Å². The average molecular weight is 373 g/mol. The molecule has 0 aromatic heterocycles. The van der Waals surface area contributed by atoms with Gasteiger partial charge in [0.15, 0.2) is 0 Å². The summed E-state index contributed by atoms with van der Waals surface area (Å²) in [5.41, 5.74) is 0.628. The zero-order chi connectivity index (χ0) is 13.8. The van der Waals surface area contributed by atoms with Crippen molar-refractivity contribution >= 4 is 34.5 Å². The largest absolute Gasteiger partial charge is 0.467 e. The molecule has 1 aromatic rings. The number of halogens is 1. The van der Waals surface area contributed by atoms with E-state index in [-0.39, 0.29) is 11.9 Å². The maximum absolute atomic E-state index is 12.5. The van der Waals surface area contributed by atoms with Gasteiger partial charge in [-0.1, -0.05) is 6.07 Å². The number of carbonyl (C=O) groups is 2. The van der Waals surface area contributed by atoms with E-state index >= 15 is 0 Å². The quantitative estimate of drug-likeness (QED) is 0.591. The zero-order valence-electron chi connectivity index (χ0n) is 10.8. The third-order valence-corrected chi connectivity index (χ3v) is 3.98.